The van der Waals surface area contributed by atoms with Crippen molar-refractivity contribution in [1.82, 2.24) is 0 Å². The maximum absolute atomic E-state index is 6.25. The van der Waals surface area contributed by atoms with Gasteiger partial charge in [-0.3, -0.25) is 0 Å². The summed E-state index contributed by atoms with van der Waals surface area (Å²) in [6.07, 6.45) is 0. The molecule has 0 spiro atoms. The van der Waals surface area contributed by atoms with Crippen molar-refractivity contribution in [3.63, 3.8) is 0 Å². The van der Waals surface area contributed by atoms with Crippen molar-refractivity contribution >= 4 is 87.5 Å². The van der Waals surface area contributed by atoms with Gasteiger partial charge in [0.2, 0.25) is 0 Å². The molecule has 0 bridgehead atoms. The van der Waals surface area contributed by atoms with Gasteiger partial charge in [0, 0.05) is 89.0 Å². The molecule has 0 N–H and O–H groups in total. The van der Waals surface area contributed by atoms with E-state index in [1.807, 2.05) is 0 Å². The quantitative estimate of drug-likeness (QED) is 0.261. The fourth-order valence-electron chi connectivity index (χ4n) is 6.75. The van der Waals surface area contributed by atoms with Crippen molar-refractivity contribution in [2.45, 2.75) is 118 Å². The molecule has 29 heavy (non-hydrogen) atoms. The van der Waals surface area contributed by atoms with Crippen LogP contribution in [0, 0.1) is 11.8 Å². The Bertz CT molecular complexity index is 366. The molecule has 173 valence electrons. The van der Waals surface area contributed by atoms with Crippen LogP contribution in [-0.2, 0) is 0 Å². The van der Waals surface area contributed by atoms with Crippen molar-refractivity contribution in [2.24, 2.45) is 0 Å². The molecule has 0 aromatic heterocycles. The Labute approximate surface area is 216 Å². The van der Waals surface area contributed by atoms with E-state index in [0.717, 1.165) is 0 Å². The first kappa shape index (κ1) is 38.4. The fourth-order valence-corrected chi connectivity index (χ4v) is 182. The first-order valence-corrected chi connectivity index (χ1v) is 40.7. The molecule has 0 saturated heterocycles. The van der Waals surface area contributed by atoms with Crippen LogP contribution in [0.25, 0.3) is 0 Å². The molecule has 0 aliphatic carbocycles. The summed E-state index contributed by atoms with van der Waals surface area (Å²) in [4.78, 5) is 0. The third kappa shape index (κ3) is 16.4. The maximum atomic E-state index is 6.25. The van der Waals surface area contributed by atoms with E-state index >= 15 is 0 Å². The van der Waals surface area contributed by atoms with Gasteiger partial charge in [0.25, 0.3) is 0 Å². The van der Waals surface area contributed by atoms with Gasteiger partial charge in [0.05, 0.1) is 0 Å². The van der Waals surface area contributed by atoms with Crippen LogP contribution in [0.2, 0.25) is 118 Å². The number of rotatable bonds is 6. The minimum Gasteiger partial charge on any atom is -0.181 e. The topological polar surface area (TPSA) is 23.8 Å². The van der Waals surface area contributed by atoms with E-state index in [9.17, 15) is 0 Å². The summed E-state index contributed by atoms with van der Waals surface area (Å²) in [5, 5.41) is 6.25. The summed E-state index contributed by atoms with van der Waals surface area (Å²) < 4.78 is 0. The molecule has 0 aromatic carbocycles. The van der Waals surface area contributed by atoms with Crippen LogP contribution in [-0.4, -0.2) is 87.5 Å². The molecule has 0 aromatic rings. The molecule has 0 fully saturated rings. The molecule has 0 amide bonds. The molecule has 0 aliphatic heterocycles. The predicted octanol–water partition coefficient (Wildman–Crippen LogP) is 7.42. The van der Waals surface area contributed by atoms with Crippen LogP contribution >= 0.6 is 0 Å². The Morgan fingerprint density at radius 3 is 0.448 bits per heavy atom. The standard InChI is InChI=1S/2C9H27Si4.CN.Pb.H2/c2*1-11(2,3)10(12(4,5)6)13(7,8)9;1-2;;/h2*1-9H3;;;1H. The molecular weight excluding hydrogens is 674 g/mol. The minimum atomic E-state index is -0.832. The zero-order chi connectivity index (χ0) is 24.2. The van der Waals surface area contributed by atoms with Crippen LogP contribution in [0.1, 0.15) is 1.43 Å². The molecule has 1 nitrogen and oxygen atoms in total. The Balaban J connectivity index is -0.000000121. The van der Waals surface area contributed by atoms with E-state index in [1.54, 1.807) is 0 Å². The third-order valence-electron chi connectivity index (χ3n) is 4.50. The van der Waals surface area contributed by atoms with Crippen molar-refractivity contribution < 1.29 is 1.43 Å². The normalized spacial score (nSPS) is 13.7. The van der Waals surface area contributed by atoms with E-state index < -0.39 is 45.5 Å². The summed E-state index contributed by atoms with van der Waals surface area (Å²) in [5.41, 5.74) is 0. The molecular formula is C19H56NPbSi8. The second-order valence-electron chi connectivity index (χ2n) is 14.2. The van der Waals surface area contributed by atoms with Gasteiger partial charge < -0.3 is 0 Å². The van der Waals surface area contributed by atoms with Crippen LogP contribution in [0.5, 0.6) is 0 Å². The first-order chi connectivity index (χ1) is 11.7. The van der Waals surface area contributed by atoms with Crippen LogP contribution in [0.15, 0.2) is 0 Å². The molecule has 0 aliphatic rings. The van der Waals surface area contributed by atoms with Gasteiger partial charge >= 0.3 is 0 Å². The van der Waals surface area contributed by atoms with Crippen LogP contribution in [0.4, 0.5) is 0 Å². The summed E-state index contributed by atoms with van der Waals surface area (Å²) in [5.74, 6) is 0. The van der Waals surface area contributed by atoms with Crippen molar-refractivity contribution in [1.29, 1.82) is 5.26 Å². The zero-order valence-electron chi connectivity index (χ0n) is 23.4. The molecule has 7 radical (unpaired) electrons. The van der Waals surface area contributed by atoms with Gasteiger partial charge in [-0.1, -0.05) is 118 Å². The fraction of sp³-hybridized carbons (Fsp3) is 0.947. The van der Waals surface area contributed by atoms with Gasteiger partial charge in [0.1, 0.15) is 0 Å². The molecule has 0 atom stereocenters. The van der Waals surface area contributed by atoms with E-state index in [-0.39, 0.29) is 43.4 Å². The Morgan fingerprint density at radius 2 is 0.448 bits per heavy atom. The molecule has 0 saturated carbocycles. The van der Waals surface area contributed by atoms with Crippen LogP contribution < -0.4 is 0 Å². The largest absolute Gasteiger partial charge is 0.181 e. The van der Waals surface area contributed by atoms with Crippen molar-refractivity contribution in [3.8, 4) is 0 Å². The van der Waals surface area contributed by atoms with Gasteiger partial charge in [-0.2, -0.15) is 5.26 Å². The van der Waals surface area contributed by atoms with Crippen molar-refractivity contribution in [3.05, 3.63) is 6.57 Å². The van der Waals surface area contributed by atoms with E-state index in [2.05, 4.69) is 118 Å². The summed E-state index contributed by atoms with van der Waals surface area (Å²) >= 11 is 0. The SMILES string of the molecule is C[Si](C)(C)[Si]([Si](C)(C)C)[Si](C)(C)C.C[Si](C)(C)[Si]([Si](C)(C)C)[Si](C)(C)C.[C]#N.[HH].[Pb]. The Morgan fingerprint density at radius 1 is 0.379 bits per heavy atom. The maximum Gasteiger partial charge on any atom is 0.181 e. The predicted molar refractivity (Wildman–Crippen MR) is 164 cm³/mol. The third-order valence-corrected chi connectivity index (χ3v) is 122. The first-order valence-electron chi connectivity index (χ1n) is 10.7. The van der Waals surface area contributed by atoms with E-state index in [1.165, 1.54) is 0 Å². The van der Waals surface area contributed by atoms with Gasteiger partial charge in [-0.15, -0.1) is 0 Å². The van der Waals surface area contributed by atoms with E-state index in [4.69, 9.17) is 11.8 Å². The van der Waals surface area contributed by atoms with Gasteiger partial charge in [-0.25, -0.2) is 0 Å². The second-order valence-corrected chi connectivity index (χ2v) is 87.8. The number of hydrogen-bond acceptors (Lipinski definition) is 1. The average molecular weight is 731 g/mol. The summed E-state index contributed by atoms with van der Waals surface area (Å²) in [7, 11) is -4.94. The average Bonchev–Trinajstić information content (AvgIpc) is 2.17. The zero-order valence-corrected chi connectivity index (χ0v) is 35.3. The molecule has 0 rings (SSSR count). The summed E-state index contributed by atoms with van der Waals surface area (Å²) in [6.45, 7) is 51.7. The minimum absolute atomic E-state index is 0. The number of nitrogens with zero attached hydrogens (tertiary/aromatic N) is 1. The molecule has 0 heterocycles. The summed E-state index contributed by atoms with van der Waals surface area (Å²) in [6, 6.07) is 0. The number of hydrogen-bond donors (Lipinski definition) is 0. The second kappa shape index (κ2) is 13.1. The van der Waals surface area contributed by atoms with Gasteiger partial charge in [-0.05, 0) is 0 Å². The Kier molecular flexibility index (Phi) is 17.4. The van der Waals surface area contributed by atoms with Crippen LogP contribution in [0.3, 0.4) is 0 Å². The van der Waals surface area contributed by atoms with E-state index in [0.29, 0.717) is 0 Å². The van der Waals surface area contributed by atoms with Gasteiger partial charge in [0.15, 0.2) is 6.57 Å². The molecule has 0 unspecified atom stereocenters. The Hall–Kier alpha value is 2.15. The molecule has 10 heteroatoms. The van der Waals surface area contributed by atoms with Crippen molar-refractivity contribution in [2.75, 3.05) is 0 Å². The smallest absolute Gasteiger partial charge is 0.181 e. The monoisotopic (exact) mass is 730 g/mol.